The number of hydrogen-bond donors (Lipinski definition) is 1. The van der Waals surface area contributed by atoms with E-state index in [4.69, 9.17) is 10.5 Å². The average Bonchev–Trinajstić information content (AvgIpc) is 2.91. The van der Waals surface area contributed by atoms with Gasteiger partial charge in [-0.2, -0.15) is 0 Å². The number of anilines is 1. The van der Waals surface area contributed by atoms with Gasteiger partial charge in [0.05, 0.1) is 12.9 Å². The Hall–Kier alpha value is -1.52. The minimum atomic E-state index is -0.381. The van der Waals surface area contributed by atoms with Crippen molar-refractivity contribution in [2.24, 2.45) is 5.92 Å². The van der Waals surface area contributed by atoms with Crippen molar-refractivity contribution in [1.82, 2.24) is 9.55 Å². The van der Waals surface area contributed by atoms with Crippen LogP contribution < -0.4 is 5.73 Å². The number of esters is 1. The van der Waals surface area contributed by atoms with Crippen molar-refractivity contribution in [3.8, 4) is 0 Å². The summed E-state index contributed by atoms with van der Waals surface area (Å²) in [6.45, 7) is 2.95. The number of aromatic nitrogens is 2. The van der Waals surface area contributed by atoms with E-state index in [1.54, 1.807) is 17.8 Å². The Morgan fingerprint density at radius 2 is 2.47 bits per heavy atom. The fourth-order valence-corrected chi connectivity index (χ4v) is 1.54. The number of nitrogen functional groups attached to an aromatic ring is 1. The molecule has 1 aliphatic carbocycles. The molecule has 1 fully saturated rings. The van der Waals surface area contributed by atoms with Crippen LogP contribution in [0, 0.1) is 5.92 Å². The van der Waals surface area contributed by atoms with Crippen LogP contribution in [-0.4, -0.2) is 22.1 Å². The summed E-state index contributed by atoms with van der Waals surface area (Å²) >= 11 is 0. The number of carbonyl (C=O) groups is 1. The molecule has 1 aliphatic rings. The maximum absolute atomic E-state index is 11.6. The van der Waals surface area contributed by atoms with Crippen molar-refractivity contribution in [2.45, 2.75) is 26.3 Å². The minimum absolute atomic E-state index is 0.258. The standard InChI is InChI=1S/C10H15N3O2/c1-2-15-10(14)8-9(11)12-6-13(8)5-7-3-4-7/h6-7H,2-5,11H2,1H3. The van der Waals surface area contributed by atoms with Crippen molar-refractivity contribution < 1.29 is 9.53 Å². The van der Waals surface area contributed by atoms with Gasteiger partial charge in [0.1, 0.15) is 0 Å². The molecule has 5 nitrogen and oxygen atoms in total. The minimum Gasteiger partial charge on any atom is -0.461 e. The van der Waals surface area contributed by atoms with Crippen LogP contribution in [0.4, 0.5) is 5.82 Å². The highest BCUT2D eigenvalue weighted by Crippen LogP contribution is 2.31. The monoisotopic (exact) mass is 209 g/mol. The highest BCUT2D eigenvalue weighted by molar-refractivity contribution is 5.92. The lowest BCUT2D eigenvalue weighted by Gasteiger charge is -2.06. The molecule has 0 saturated heterocycles. The molecule has 1 heterocycles. The topological polar surface area (TPSA) is 70.1 Å². The molecule has 1 aromatic heterocycles. The summed E-state index contributed by atoms with van der Waals surface area (Å²) in [4.78, 5) is 15.5. The maximum atomic E-state index is 11.6. The molecule has 82 valence electrons. The molecule has 0 aromatic carbocycles. The van der Waals surface area contributed by atoms with Crippen molar-refractivity contribution in [2.75, 3.05) is 12.3 Å². The summed E-state index contributed by atoms with van der Waals surface area (Å²) in [5.74, 6) is 0.550. The Morgan fingerprint density at radius 3 is 3.07 bits per heavy atom. The van der Waals surface area contributed by atoms with Crippen LogP contribution in [0.1, 0.15) is 30.3 Å². The molecule has 2 N–H and O–H groups in total. The second-order valence-corrected chi connectivity index (χ2v) is 3.79. The zero-order valence-corrected chi connectivity index (χ0v) is 8.77. The smallest absolute Gasteiger partial charge is 0.358 e. The largest absolute Gasteiger partial charge is 0.461 e. The lowest BCUT2D eigenvalue weighted by Crippen LogP contribution is -2.14. The van der Waals surface area contributed by atoms with Crippen molar-refractivity contribution in [1.29, 1.82) is 0 Å². The van der Waals surface area contributed by atoms with E-state index in [0.717, 1.165) is 6.54 Å². The SMILES string of the molecule is CCOC(=O)c1c(N)ncn1CC1CC1. The van der Waals surface area contributed by atoms with E-state index in [1.807, 2.05) is 0 Å². The van der Waals surface area contributed by atoms with Gasteiger partial charge >= 0.3 is 5.97 Å². The molecule has 0 spiro atoms. The van der Waals surface area contributed by atoms with Gasteiger partial charge in [0.25, 0.3) is 0 Å². The Labute approximate surface area is 88.2 Å². The van der Waals surface area contributed by atoms with E-state index in [-0.39, 0.29) is 11.8 Å². The second kappa shape index (κ2) is 3.92. The quantitative estimate of drug-likeness (QED) is 0.752. The van der Waals surface area contributed by atoms with Crippen LogP contribution in [0.2, 0.25) is 0 Å². The third-order valence-corrected chi connectivity index (χ3v) is 2.49. The molecule has 1 aromatic rings. The zero-order chi connectivity index (χ0) is 10.8. The summed E-state index contributed by atoms with van der Waals surface area (Å²) in [7, 11) is 0. The maximum Gasteiger partial charge on any atom is 0.358 e. The first-order chi connectivity index (χ1) is 7.22. The first-order valence-electron chi connectivity index (χ1n) is 5.20. The molecule has 2 rings (SSSR count). The van der Waals surface area contributed by atoms with E-state index in [2.05, 4.69) is 4.98 Å². The molecular weight excluding hydrogens is 194 g/mol. The number of ether oxygens (including phenoxy) is 1. The van der Waals surface area contributed by atoms with Gasteiger partial charge in [0, 0.05) is 6.54 Å². The molecule has 0 radical (unpaired) electrons. The molecule has 0 atom stereocenters. The Balaban J connectivity index is 2.18. The van der Waals surface area contributed by atoms with Crippen LogP contribution in [0.5, 0.6) is 0 Å². The number of rotatable bonds is 4. The highest BCUT2D eigenvalue weighted by Gasteiger charge is 2.25. The van der Waals surface area contributed by atoms with Crippen molar-refractivity contribution >= 4 is 11.8 Å². The normalized spacial score (nSPS) is 15.3. The van der Waals surface area contributed by atoms with Gasteiger partial charge in [0.15, 0.2) is 11.5 Å². The Bertz CT molecular complexity index is 369. The van der Waals surface area contributed by atoms with Gasteiger partial charge < -0.3 is 15.0 Å². The second-order valence-electron chi connectivity index (χ2n) is 3.79. The lowest BCUT2D eigenvalue weighted by molar-refractivity contribution is 0.0515. The first kappa shape index (κ1) is 10.0. The van der Waals surface area contributed by atoms with E-state index < -0.39 is 0 Å². The molecule has 0 aliphatic heterocycles. The van der Waals surface area contributed by atoms with Gasteiger partial charge in [-0.3, -0.25) is 0 Å². The van der Waals surface area contributed by atoms with Crippen LogP contribution in [0.3, 0.4) is 0 Å². The molecule has 15 heavy (non-hydrogen) atoms. The van der Waals surface area contributed by atoms with Crippen LogP contribution in [-0.2, 0) is 11.3 Å². The van der Waals surface area contributed by atoms with E-state index >= 15 is 0 Å². The third-order valence-electron chi connectivity index (χ3n) is 2.49. The summed E-state index contributed by atoms with van der Waals surface area (Å²) in [5.41, 5.74) is 6.03. The number of nitrogens with two attached hydrogens (primary N) is 1. The van der Waals surface area contributed by atoms with Gasteiger partial charge in [-0.05, 0) is 25.7 Å². The van der Waals surface area contributed by atoms with E-state index in [1.165, 1.54) is 12.8 Å². The molecular formula is C10H15N3O2. The summed E-state index contributed by atoms with van der Waals surface area (Å²) in [6.07, 6.45) is 4.06. The predicted molar refractivity (Wildman–Crippen MR) is 55.3 cm³/mol. The van der Waals surface area contributed by atoms with E-state index in [9.17, 15) is 4.79 Å². The first-order valence-corrected chi connectivity index (χ1v) is 5.20. The highest BCUT2D eigenvalue weighted by atomic mass is 16.5. The molecule has 5 heteroatoms. The fourth-order valence-electron chi connectivity index (χ4n) is 1.54. The summed E-state index contributed by atoms with van der Waals surface area (Å²) < 4.78 is 6.73. The van der Waals surface area contributed by atoms with Gasteiger partial charge in [-0.25, -0.2) is 9.78 Å². The van der Waals surface area contributed by atoms with Gasteiger partial charge in [-0.1, -0.05) is 0 Å². The number of imidazole rings is 1. The predicted octanol–water partition coefficient (Wildman–Crippen LogP) is 1.05. The zero-order valence-electron chi connectivity index (χ0n) is 8.77. The summed E-state index contributed by atoms with van der Waals surface area (Å²) in [5, 5.41) is 0. The van der Waals surface area contributed by atoms with E-state index in [0.29, 0.717) is 18.2 Å². The lowest BCUT2D eigenvalue weighted by atomic mass is 10.3. The Morgan fingerprint density at radius 1 is 1.73 bits per heavy atom. The molecule has 0 unspecified atom stereocenters. The molecule has 0 amide bonds. The van der Waals surface area contributed by atoms with Crippen molar-refractivity contribution in [3.63, 3.8) is 0 Å². The third kappa shape index (κ3) is 2.11. The number of hydrogen-bond acceptors (Lipinski definition) is 4. The van der Waals surface area contributed by atoms with Crippen LogP contribution >= 0.6 is 0 Å². The fraction of sp³-hybridized carbons (Fsp3) is 0.600. The number of carbonyl (C=O) groups excluding carboxylic acids is 1. The van der Waals surface area contributed by atoms with Crippen LogP contribution in [0.25, 0.3) is 0 Å². The summed E-state index contributed by atoms with van der Waals surface area (Å²) in [6, 6.07) is 0. The molecule has 1 saturated carbocycles. The Kier molecular flexibility index (Phi) is 2.62. The average molecular weight is 209 g/mol. The van der Waals surface area contributed by atoms with Crippen molar-refractivity contribution in [3.05, 3.63) is 12.0 Å². The molecule has 0 bridgehead atoms. The van der Waals surface area contributed by atoms with Crippen LogP contribution in [0.15, 0.2) is 6.33 Å². The van der Waals surface area contributed by atoms with Gasteiger partial charge in [-0.15, -0.1) is 0 Å². The number of nitrogens with zero attached hydrogens (tertiary/aromatic N) is 2. The van der Waals surface area contributed by atoms with Gasteiger partial charge in [0.2, 0.25) is 0 Å².